The predicted molar refractivity (Wildman–Crippen MR) is 52.5 cm³/mol. The lowest BCUT2D eigenvalue weighted by atomic mass is 9.85. The number of rotatable bonds is 1. The summed E-state index contributed by atoms with van der Waals surface area (Å²) >= 11 is 0. The molecule has 1 aliphatic carbocycles. The van der Waals surface area contributed by atoms with Crippen LogP contribution in [-0.2, 0) is 0 Å². The van der Waals surface area contributed by atoms with E-state index in [1.165, 1.54) is 0 Å². The summed E-state index contributed by atoms with van der Waals surface area (Å²) < 4.78 is 0. The van der Waals surface area contributed by atoms with E-state index >= 15 is 0 Å². The summed E-state index contributed by atoms with van der Waals surface area (Å²) in [5, 5.41) is 10.4. The second-order valence-corrected chi connectivity index (χ2v) is 4.84. The second kappa shape index (κ2) is 2.94. The molecule has 2 fully saturated rings. The van der Waals surface area contributed by atoms with E-state index in [0.29, 0.717) is 0 Å². The zero-order valence-electron chi connectivity index (χ0n) is 8.42. The van der Waals surface area contributed by atoms with Gasteiger partial charge in [0.1, 0.15) is 0 Å². The Morgan fingerprint density at radius 2 is 1.85 bits per heavy atom. The molecule has 1 aliphatic heterocycles. The van der Waals surface area contributed by atoms with E-state index < -0.39 is 5.60 Å². The molecule has 3 N–H and O–H groups in total. The van der Waals surface area contributed by atoms with Gasteiger partial charge in [0.15, 0.2) is 0 Å². The molecule has 0 aromatic carbocycles. The molecule has 0 spiro atoms. The van der Waals surface area contributed by atoms with Gasteiger partial charge in [0.25, 0.3) is 0 Å². The number of nitrogens with zero attached hydrogens (tertiary/aromatic N) is 1. The van der Waals surface area contributed by atoms with E-state index in [4.69, 9.17) is 5.73 Å². The minimum Gasteiger partial charge on any atom is -0.388 e. The number of likely N-dealkylation sites (tertiary alicyclic amines) is 1. The van der Waals surface area contributed by atoms with Crippen molar-refractivity contribution in [3.05, 3.63) is 0 Å². The Morgan fingerprint density at radius 1 is 1.15 bits per heavy atom. The SMILES string of the molecule is CN1CCCC(O)(C2(N)CC2)CC1. The first-order valence-corrected chi connectivity index (χ1v) is 5.26. The Labute approximate surface area is 79.9 Å². The monoisotopic (exact) mass is 184 g/mol. The highest BCUT2D eigenvalue weighted by Crippen LogP contribution is 2.47. The third kappa shape index (κ3) is 1.60. The van der Waals surface area contributed by atoms with Crippen molar-refractivity contribution in [1.82, 2.24) is 4.90 Å². The standard InChI is InChI=1S/C10H20N2O/c1-12-7-2-3-10(13,6-8-12)9(11)4-5-9/h13H,2-8,11H2,1H3. The maximum atomic E-state index is 10.4. The average molecular weight is 184 g/mol. The zero-order chi connectivity index (χ0) is 9.53. The summed E-state index contributed by atoms with van der Waals surface area (Å²) in [6.45, 7) is 2.08. The molecule has 0 amide bonds. The van der Waals surface area contributed by atoms with E-state index in [1.807, 2.05) is 0 Å². The molecule has 1 saturated heterocycles. The molecule has 0 bridgehead atoms. The molecule has 13 heavy (non-hydrogen) atoms. The van der Waals surface area contributed by atoms with E-state index in [1.54, 1.807) is 0 Å². The van der Waals surface area contributed by atoms with Crippen molar-refractivity contribution in [3.63, 3.8) is 0 Å². The van der Waals surface area contributed by atoms with Gasteiger partial charge in [-0.1, -0.05) is 0 Å². The van der Waals surface area contributed by atoms with E-state index in [0.717, 1.165) is 45.2 Å². The number of hydrogen-bond acceptors (Lipinski definition) is 3. The van der Waals surface area contributed by atoms with Crippen molar-refractivity contribution in [1.29, 1.82) is 0 Å². The van der Waals surface area contributed by atoms with Crippen LogP contribution < -0.4 is 5.73 Å². The molecule has 0 aromatic heterocycles. The lowest BCUT2D eigenvalue weighted by Crippen LogP contribution is -2.50. The van der Waals surface area contributed by atoms with Crippen LogP contribution in [0.1, 0.15) is 32.1 Å². The first-order valence-electron chi connectivity index (χ1n) is 5.26. The van der Waals surface area contributed by atoms with Gasteiger partial charge >= 0.3 is 0 Å². The third-order valence-electron chi connectivity index (χ3n) is 3.75. The highest BCUT2D eigenvalue weighted by molar-refractivity contribution is 5.14. The van der Waals surface area contributed by atoms with E-state index in [9.17, 15) is 5.11 Å². The maximum Gasteiger partial charge on any atom is 0.0839 e. The van der Waals surface area contributed by atoms with Crippen LogP contribution in [0.25, 0.3) is 0 Å². The first kappa shape index (κ1) is 9.44. The summed E-state index contributed by atoms with van der Waals surface area (Å²) in [6.07, 6.45) is 4.82. The molecule has 1 unspecified atom stereocenters. The highest BCUT2D eigenvalue weighted by Gasteiger charge is 2.55. The third-order valence-corrected chi connectivity index (χ3v) is 3.75. The van der Waals surface area contributed by atoms with Crippen molar-refractivity contribution in [2.24, 2.45) is 5.73 Å². The Kier molecular flexibility index (Phi) is 2.13. The van der Waals surface area contributed by atoms with Gasteiger partial charge in [-0.25, -0.2) is 0 Å². The Balaban J connectivity index is 2.05. The normalized spacial score (nSPS) is 39.9. The van der Waals surface area contributed by atoms with Crippen LogP contribution in [0.15, 0.2) is 0 Å². The van der Waals surface area contributed by atoms with Gasteiger partial charge in [0.2, 0.25) is 0 Å². The molecule has 2 rings (SSSR count). The fraction of sp³-hybridized carbons (Fsp3) is 1.00. The Bertz CT molecular complexity index is 203. The van der Waals surface area contributed by atoms with Gasteiger partial charge in [-0.05, 0) is 45.7 Å². The lowest BCUT2D eigenvalue weighted by molar-refractivity contribution is -0.00913. The molecule has 1 saturated carbocycles. The summed E-state index contributed by atoms with van der Waals surface area (Å²) in [5.74, 6) is 0. The van der Waals surface area contributed by atoms with Crippen LogP contribution in [-0.4, -0.2) is 41.3 Å². The van der Waals surface area contributed by atoms with Crippen molar-refractivity contribution in [2.75, 3.05) is 20.1 Å². The van der Waals surface area contributed by atoms with E-state index in [2.05, 4.69) is 11.9 Å². The Morgan fingerprint density at radius 3 is 2.46 bits per heavy atom. The predicted octanol–water partition coefficient (Wildman–Crippen LogP) is 0.324. The lowest BCUT2D eigenvalue weighted by Gasteiger charge is -2.33. The minimum absolute atomic E-state index is 0.238. The van der Waals surface area contributed by atoms with Gasteiger partial charge in [0, 0.05) is 12.1 Å². The van der Waals surface area contributed by atoms with Gasteiger partial charge in [-0.3, -0.25) is 0 Å². The molecule has 76 valence electrons. The summed E-state index contributed by atoms with van der Waals surface area (Å²) in [6, 6.07) is 0. The molecule has 3 heteroatoms. The van der Waals surface area contributed by atoms with Crippen LogP contribution in [0.5, 0.6) is 0 Å². The molecule has 1 heterocycles. The average Bonchev–Trinajstić information content (AvgIpc) is 2.82. The number of nitrogens with two attached hydrogens (primary N) is 1. The van der Waals surface area contributed by atoms with Crippen molar-refractivity contribution >= 4 is 0 Å². The molecule has 0 radical (unpaired) electrons. The van der Waals surface area contributed by atoms with Crippen LogP contribution in [0.3, 0.4) is 0 Å². The Hall–Kier alpha value is -0.120. The van der Waals surface area contributed by atoms with Crippen LogP contribution in [0, 0.1) is 0 Å². The molecular weight excluding hydrogens is 164 g/mol. The van der Waals surface area contributed by atoms with Gasteiger partial charge in [0.05, 0.1) is 5.60 Å². The molecule has 3 nitrogen and oxygen atoms in total. The van der Waals surface area contributed by atoms with Crippen LogP contribution in [0.2, 0.25) is 0 Å². The first-order chi connectivity index (χ1) is 6.06. The molecule has 0 aromatic rings. The number of aliphatic hydroxyl groups is 1. The van der Waals surface area contributed by atoms with Crippen molar-refractivity contribution < 1.29 is 5.11 Å². The fourth-order valence-electron chi connectivity index (χ4n) is 2.35. The minimum atomic E-state index is -0.572. The van der Waals surface area contributed by atoms with Crippen molar-refractivity contribution in [3.8, 4) is 0 Å². The van der Waals surface area contributed by atoms with Crippen LogP contribution in [0.4, 0.5) is 0 Å². The highest BCUT2D eigenvalue weighted by atomic mass is 16.3. The topological polar surface area (TPSA) is 49.5 Å². The number of hydrogen-bond donors (Lipinski definition) is 2. The quantitative estimate of drug-likeness (QED) is 0.617. The van der Waals surface area contributed by atoms with E-state index in [-0.39, 0.29) is 5.54 Å². The molecular formula is C10H20N2O. The molecule has 2 aliphatic rings. The van der Waals surface area contributed by atoms with Crippen molar-refractivity contribution in [2.45, 2.75) is 43.2 Å². The van der Waals surface area contributed by atoms with Gasteiger partial charge in [-0.2, -0.15) is 0 Å². The smallest absolute Gasteiger partial charge is 0.0839 e. The second-order valence-electron chi connectivity index (χ2n) is 4.84. The van der Waals surface area contributed by atoms with Crippen LogP contribution >= 0.6 is 0 Å². The fourth-order valence-corrected chi connectivity index (χ4v) is 2.35. The summed E-state index contributed by atoms with van der Waals surface area (Å²) in [7, 11) is 2.11. The molecule has 1 atom stereocenters. The van der Waals surface area contributed by atoms with Gasteiger partial charge in [-0.15, -0.1) is 0 Å². The summed E-state index contributed by atoms with van der Waals surface area (Å²) in [4.78, 5) is 2.28. The zero-order valence-corrected chi connectivity index (χ0v) is 8.42. The maximum absolute atomic E-state index is 10.4. The summed E-state index contributed by atoms with van der Waals surface area (Å²) in [5.41, 5.74) is 5.29. The largest absolute Gasteiger partial charge is 0.388 e. The van der Waals surface area contributed by atoms with Gasteiger partial charge < -0.3 is 15.7 Å².